The van der Waals surface area contributed by atoms with Crippen LogP contribution in [0.25, 0.3) is 0 Å². The maximum atomic E-state index is 5.68. The lowest BCUT2D eigenvalue weighted by Crippen LogP contribution is -2.18. The second kappa shape index (κ2) is 7.03. The lowest BCUT2D eigenvalue weighted by Gasteiger charge is -2.17. The van der Waals surface area contributed by atoms with E-state index in [1.54, 1.807) is 7.11 Å². The molecule has 0 saturated heterocycles. The van der Waals surface area contributed by atoms with Gasteiger partial charge < -0.3 is 10.5 Å². The highest BCUT2D eigenvalue weighted by Gasteiger charge is 2.06. The Morgan fingerprint density at radius 2 is 2.05 bits per heavy atom. The molecule has 4 nitrogen and oxygen atoms in total. The molecule has 0 aliphatic carbocycles. The smallest absolute Gasteiger partial charge is 0.123 e. The molecule has 20 heavy (non-hydrogen) atoms. The highest BCUT2D eigenvalue weighted by molar-refractivity contribution is 5.37. The summed E-state index contributed by atoms with van der Waals surface area (Å²) in [4.78, 5) is 6.56. The average molecular weight is 271 g/mol. The Bertz CT molecular complexity index is 543. The Morgan fingerprint density at radius 1 is 1.20 bits per heavy atom. The molecule has 0 radical (unpaired) electrons. The standard InChI is InChI=1S/C16H21N3O/c1-19(12-15-5-3-4-8-18-15)11-13-6-7-14(10-17)16(9-13)20-2/h3-9H,10-12,17H2,1-2H3. The van der Waals surface area contributed by atoms with Gasteiger partial charge in [-0.05, 0) is 30.8 Å². The van der Waals surface area contributed by atoms with E-state index >= 15 is 0 Å². The summed E-state index contributed by atoms with van der Waals surface area (Å²) >= 11 is 0. The van der Waals surface area contributed by atoms with Crippen LogP contribution in [0.4, 0.5) is 0 Å². The molecule has 106 valence electrons. The molecule has 0 fully saturated rings. The molecule has 1 aromatic heterocycles. The zero-order valence-electron chi connectivity index (χ0n) is 12.0. The highest BCUT2D eigenvalue weighted by Crippen LogP contribution is 2.20. The monoisotopic (exact) mass is 271 g/mol. The summed E-state index contributed by atoms with van der Waals surface area (Å²) in [7, 11) is 3.76. The third kappa shape index (κ3) is 3.79. The van der Waals surface area contributed by atoms with Crippen molar-refractivity contribution >= 4 is 0 Å². The molecule has 2 N–H and O–H groups in total. The van der Waals surface area contributed by atoms with Gasteiger partial charge in [-0.2, -0.15) is 0 Å². The minimum Gasteiger partial charge on any atom is -0.496 e. The molecular weight excluding hydrogens is 250 g/mol. The van der Waals surface area contributed by atoms with Gasteiger partial charge in [0.15, 0.2) is 0 Å². The number of hydrogen-bond donors (Lipinski definition) is 1. The molecule has 0 bridgehead atoms. The van der Waals surface area contributed by atoms with Crippen molar-refractivity contribution in [2.45, 2.75) is 19.6 Å². The van der Waals surface area contributed by atoms with Crippen LogP contribution < -0.4 is 10.5 Å². The number of nitrogens with zero attached hydrogens (tertiary/aromatic N) is 2. The van der Waals surface area contributed by atoms with E-state index in [9.17, 15) is 0 Å². The van der Waals surface area contributed by atoms with Crippen LogP contribution in [0.3, 0.4) is 0 Å². The molecule has 0 saturated carbocycles. The average Bonchev–Trinajstić information content (AvgIpc) is 2.48. The van der Waals surface area contributed by atoms with Crippen LogP contribution in [0, 0.1) is 0 Å². The zero-order chi connectivity index (χ0) is 14.4. The first-order valence-electron chi connectivity index (χ1n) is 6.67. The fourth-order valence-electron chi connectivity index (χ4n) is 2.19. The molecule has 0 spiro atoms. The Kier molecular flexibility index (Phi) is 5.09. The maximum absolute atomic E-state index is 5.68. The number of rotatable bonds is 6. The van der Waals surface area contributed by atoms with Crippen LogP contribution in [0.1, 0.15) is 16.8 Å². The van der Waals surface area contributed by atoms with Crippen molar-refractivity contribution in [1.82, 2.24) is 9.88 Å². The second-order valence-corrected chi connectivity index (χ2v) is 4.84. The van der Waals surface area contributed by atoms with Crippen LogP contribution in [-0.4, -0.2) is 24.0 Å². The van der Waals surface area contributed by atoms with Gasteiger partial charge >= 0.3 is 0 Å². The number of hydrogen-bond acceptors (Lipinski definition) is 4. The number of nitrogens with two attached hydrogens (primary N) is 1. The summed E-state index contributed by atoms with van der Waals surface area (Å²) in [6.07, 6.45) is 1.82. The molecule has 1 heterocycles. The molecule has 2 rings (SSSR count). The van der Waals surface area contributed by atoms with Crippen molar-refractivity contribution < 1.29 is 4.74 Å². The van der Waals surface area contributed by atoms with Crippen molar-refractivity contribution in [1.29, 1.82) is 0 Å². The summed E-state index contributed by atoms with van der Waals surface area (Å²) in [6.45, 7) is 2.16. The van der Waals surface area contributed by atoms with Crippen LogP contribution in [0.5, 0.6) is 5.75 Å². The highest BCUT2D eigenvalue weighted by atomic mass is 16.5. The van der Waals surface area contributed by atoms with Crippen LogP contribution >= 0.6 is 0 Å². The third-order valence-corrected chi connectivity index (χ3v) is 3.18. The maximum Gasteiger partial charge on any atom is 0.123 e. The summed E-state index contributed by atoms with van der Waals surface area (Å²) in [5.41, 5.74) is 8.99. The minimum atomic E-state index is 0.493. The topological polar surface area (TPSA) is 51.4 Å². The Hall–Kier alpha value is -1.91. The van der Waals surface area contributed by atoms with Crippen LogP contribution in [-0.2, 0) is 19.6 Å². The lowest BCUT2D eigenvalue weighted by molar-refractivity contribution is 0.314. The molecule has 0 atom stereocenters. The normalized spacial score (nSPS) is 10.8. The van der Waals surface area contributed by atoms with Gasteiger partial charge in [-0.1, -0.05) is 18.2 Å². The molecule has 4 heteroatoms. The molecule has 2 aromatic rings. The van der Waals surface area contributed by atoms with Gasteiger partial charge in [0.25, 0.3) is 0 Å². The number of pyridine rings is 1. The predicted molar refractivity (Wildman–Crippen MR) is 80.3 cm³/mol. The fraction of sp³-hybridized carbons (Fsp3) is 0.312. The van der Waals surface area contributed by atoms with E-state index < -0.39 is 0 Å². The van der Waals surface area contributed by atoms with Crippen molar-refractivity contribution in [3.05, 3.63) is 59.4 Å². The third-order valence-electron chi connectivity index (χ3n) is 3.18. The molecule has 0 aliphatic rings. The first-order chi connectivity index (χ1) is 9.72. The van der Waals surface area contributed by atoms with Crippen molar-refractivity contribution in [3.8, 4) is 5.75 Å². The van der Waals surface area contributed by atoms with Crippen LogP contribution in [0.2, 0.25) is 0 Å². The number of methoxy groups -OCH3 is 1. The van der Waals surface area contributed by atoms with Crippen LogP contribution in [0.15, 0.2) is 42.6 Å². The van der Waals surface area contributed by atoms with Gasteiger partial charge in [-0.3, -0.25) is 9.88 Å². The van der Waals surface area contributed by atoms with E-state index in [2.05, 4.69) is 29.1 Å². The summed E-state index contributed by atoms with van der Waals surface area (Å²) in [6, 6.07) is 12.2. The number of ether oxygens (including phenoxy) is 1. The van der Waals surface area contributed by atoms with Gasteiger partial charge in [0.2, 0.25) is 0 Å². The van der Waals surface area contributed by atoms with E-state index in [4.69, 9.17) is 10.5 Å². The van der Waals surface area contributed by atoms with E-state index in [0.717, 1.165) is 30.1 Å². The number of aromatic nitrogens is 1. The van der Waals surface area contributed by atoms with Crippen molar-refractivity contribution in [2.75, 3.05) is 14.2 Å². The molecule has 0 aliphatic heterocycles. The van der Waals surface area contributed by atoms with Crippen molar-refractivity contribution in [3.63, 3.8) is 0 Å². The van der Waals surface area contributed by atoms with Crippen molar-refractivity contribution in [2.24, 2.45) is 5.73 Å². The zero-order valence-corrected chi connectivity index (χ0v) is 12.0. The van der Waals surface area contributed by atoms with Gasteiger partial charge in [0, 0.05) is 31.4 Å². The Balaban J connectivity index is 2.02. The number of benzene rings is 1. The Morgan fingerprint density at radius 3 is 2.70 bits per heavy atom. The summed E-state index contributed by atoms with van der Waals surface area (Å²) in [5.74, 6) is 0.858. The second-order valence-electron chi connectivity index (χ2n) is 4.84. The lowest BCUT2D eigenvalue weighted by atomic mass is 10.1. The minimum absolute atomic E-state index is 0.493. The molecule has 1 aromatic carbocycles. The fourth-order valence-corrected chi connectivity index (χ4v) is 2.19. The SMILES string of the molecule is COc1cc(CN(C)Cc2ccccn2)ccc1CN. The molecule has 0 unspecified atom stereocenters. The Labute approximate surface area is 120 Å². The van der Waals surface area contributed by atoms with Gasteiger partial charge in [-0.15, -0.1) is 0 Å². The first-order valence-corrected chi connectivity index (χ1v) is 6.67. The first kappa shape index (κ1) is 14.5. The predicted octanol–water partition coefficient (Wildman–Crippen LogP) is 2.18. The summed E-state index contributed by atoms with van der Waals surface area (Å²) < 4.78 is 5.37. The van der Waals surface area contributed by atoms with Gasteiger partial charge in [0.1, 0.15) is 5.75 Å². The van der Waals surface area contributed by atoms with E-state index in [0.29, 0.717) is 6.54 Å². The molecule has 0 amide bonds. The quantitative estimate of drug-likeness (QED) is 0.875. The largest absolute Gasteiger partial charge is 0.496 e. The van der Waals surface area contributed by atoms with E-state index in [1.165, 1.54) is 5.56 Å². The van der Waals surface area contributed by atoms with E-state index in [1.807, 2.05) is 30.5 Å². The van der Waals surface area contributed by atoms with Gasteiger partial charge in [0.05, 0.1) is 12.8 Å². The summed E-state index contributed by atoms with van der Waals surface area (Å²) in [5, 5.41) is 0. The van der Waals surface area contributed by atoms with E-state index in [-0.39, 0.29) is 0 Å². The van der Waals surface area contributed by atoms with Gasteiger partial charge in [-0.25, -0.2) is 0 Å². The molecular formula is C16H21N3O.